The van der Waals surface area contributed by atoms with Crippen LogP contribution >= 0.6 is 39.9 Å². The lowest BCUT2D eigenvalue weighted by atomic mass is 10.1. The van der Waals surface area contributed by atoms with Gasteiger partial charge >= 0.3 is 0 Å². The molecule has 0 saturated carbocycles. The van der Waals surface area contributed by atoms with Gasteiger partial charge in [0.05, 0.1) is 33.8 Å². The molecular weight excluding hydrogens is 544 g/mol. The predicted molar refractivity (Wildman–Crippen MR) is 148 cm³/mol. The third-order valence-corrected chi connectivity index (χ3v) is 7.45. The molecule has 3 aromatic rings. The van der Waals surface area contributed by atoms with Crippen LogP contribution in [0.25, 0.3) is 6.08 Å². The Bertz CT molecular complexity index is 1390. The minimum atomic E-state index is -0.153. The lowest BCUT2D eigenvalue weighted by Gasteiger charge is -2.16. The highest BCUT2D eigenvalue weighted by Gasteiger charge is 2.33. The maximum Gasteiger partial charge on any atom is 0.270 e. The Hall–Kier alpha value is -3.12. The first-order valence-corrected chi connectivity index (χ1v) is 12.7. The molecule has 0 spiro atoms. The molecule has 1 aliphatic heterocycles. The van der Waals surface area contributed by atoms with Gasteiger partial charge in [0.25, 0.3) is 5.91 Å². The highest BCUT2D eigenvalue weighted by Crippen LogP contribution is 2.40. The van der Waals surface area contributed by atoms with E-state index in [-0.39, 0.29) is 5.91 Å². The molecule has 0 unspecified atom stereocenters. The van der Waals surface area contributed by atoms with Crippen molar-refractivity contribution >= 4 is 61.9 Å². The summed E-state index contributed by atoms with van der Waals surface area (Å²) < 4.78 is 12.8. The summed E-state index contributed by atoms with van der Waals surface area (Å²) in [6.07, 6.45) is 1.80. The first-order chi connectivity index (χ1) is 16.8. The molecule has 1 aliphatic rings. The van der Waals surface area contributed by atoms with Gasteiger partial charge in [0.2, 0.25) is 0 Å². The van der Waals surface area contributed by atoms with Crippen LogP contribution in [-0.4, -0.2) is 17.3 Å². The van der Waals surface area contributed by atoms with Gasteiger partial charge in [-0.25, -0.2) is 0 Å². The molecule has 8 heteroatoms. The highest BCUT2D eigenvalue weighted by atomic mass is 79.9. The molecule has 0 N–H and O–H groups in total. The molecular formula is C27H21BrN2O3S2. The number of benzene rings is 3. The molecule has 1 amide bonds. The molecule has 176 valence electrons. The van der Waals surface area contributed by atoms with E-state index < -0.39 is 0 Å². The number of carbonyl (C=O) groups excluding carboxylic acids is 1. The largest absolute Gasteiger partial charge is 0.493 e. The van der Waals surface area contributed by atoms with Crippen LogP contribution in [0.2, 0.25) is 0 Å². The van der Waals surface area contributed by atoms with E-state index in [1.54, 1.807) is 30.2 Å². The minimum absolute atomic E-state index is 0.153. The quantitative estimate of drug-likeness (QED) is 0.239. The number of hydrogen-bond donors (Lipinski definition) is 0. The molecule has 35 heavy (non-hydrogen) atoms. The van der Waals surface area contributed by atoms with Crippen molar-refractivity contribution in [3.05, 3.63) is 91.8 Å². The molecule has 0 atom stereocenters. The van der Waals surface area contributed by atoms with Crippen LogP contribution in [0, 0.1) is 25.2 Å². The average molecular weight is 566 g/mol. The van der Waals surface area contributed by atoms with Gasteiger partial charge in [-0.15, -0.1) is 0 Å². The number of nitriles is 1. The van der Waals surface area contributed by atoms with Gasteiger partial charge < -0.3 is 9.47 Å². The van der Waals surface area contributed by atoms with Crippen molar-refractivity contribution in [2.24, 2.45) is 0 Å². The summed E-state index contributed by atoms with van der Waals surface area (Å²) in [5.74, 6) is 0.931. The van der Waals surface area contributed by atoms with E-state index in [0.717, 1.165) is 27.9 Å². The monoisotopic (exact) mass is 564 g/mol. The number of aryl methyl sites for hydroxylation is 2. The van der Waals surface area contributed by atoms with Crippen LogP contribution in [0.1, 0.15) is 27.8 Å². The number of thiocarbonyl (C=S) groups is 1. The third kappa shape index (κ3) is 5.43. The van der Waals surface area contributed by atoms with Crippen LogP contribution in [0.5, 0.6) is 11.5 Å². The Morgan fingerprint density at radius 3 is 2.51 bits per heavy atom. The van der Waals surface area contributed by atoms with Gasteiger partial charge in [0.1, 0.15) is 6.61 Å². The van der Waals surface area contributed by atoms with Gasteiger partial charge in [0, 0.05) is 0 Å². The summed E-state index contributed by atoms with van der Waals surface area (Å²) in [5.41, 5.74) is 5.33. The maximum absolute atomic E-state index is 13.2. The normalized spacial score (nSPS) is 14.4. The Kier molecular flexibility index (Phi) is 7.60. The Labute approximate surface area is 222 Å². The van der Waals surface area contributed by atoms with E-state index in [0.29, 0.717) is 37.4 Å². The summed E-state index contributed by atoms with van der Waals surface area (Å²) in [5, 5.41) is 8.95. The van der Waals surface area contributed by atoms with Gasteiger partial charge in [0.15, 0.2) is 15.8 Å². The maximum atomic E-state index is 13.2. The topological polar surface area (TPSA) is 62.6 Å². The van der Waals surface area contributed by atoms with Crippen molar-refractivity contribution in [3.63, 3.8) is 0 Å². The van der Waals surface area contributed by atoms with Crippen LogP contribution < -0.4 is 14.4 Å². The van der Waals surface area contributed by atoms with Crippen molar-refractivity contribution in [1.82, 2.24) is 0 Å². The number of halogens is 1. The van der Waals surface area contributed by atoms with Gasteiger partial charge in [-0.05, 0) is 94.5 Å². The smallest absolute Gasteiger partial charge is 0.270 e. The van der Waals surface area contributed by atoms with E-state index in [4.69, 9.17) is 27.0 Å². The first kappa shape index (κ1) is 25.0. The fourth-order valence-electron chi connectivity index (χ4n) is 3.50. The fourth-order valence-corrected chi connectivity index (χ4v) is 5.37. The number of thioether (sulfide) groups is 1. The molecule has 1 saturated heterocycles. The SMILES string of the molecule is COc1cc(/C=C2/SC(=S)N(c3ccc(C)c(C)c3)C2=O)cc(Br)c1OCc1ccc(C#N)cc1. The van der Waals surface area contributed by atoms with E-state index in [9.17, 15) is 4.79 Å². The first-order valence-electron chi connectivity index (χ1n) is 10.7. The van der Waals surface area contributed by atoms with Crippen molar-refractivity contribution < 1.29 is 14.3 Å². The van der Waals surface area contributed by atoms with Gasteiger partial charge in [-0.3, -0.25) is 9.69 Å². The Balaban J connectivity index is 1.57. The van der Waals surface area contributed by atoms with Crippen molar-refractivity contribution in [1.29, 1.82) is 5.26 Å². The zero-order chi connectivity index (χ0) is 25.1. The second kappa shape index (κ2) is 10.6. The summed E-state index contributed by atoms with van der Waals surface area (Å²) in [6, 6.07) is 18.9. The van der Waals surface area contributed by atoms with Crippen molar-refractivity contribution in [3.8, 4) is 17.6 Å². The second-order valence-electron chi connectivity index (χ2n) is 7.92. The van der Waals surface area contributed by atoms with E-state index in [2.05, 4.69) is 22.0 Å². The molecule has 0 bridgehead atoms. The van der Waals surface area contributed by atoms with E-state index in [1.165, 1.54) is 11.8 Å². The predicted octanol–water partition coefficient (Wildman–Crippen LogP) is 6.93. The van der Waals surface area contributed by atoms with Crippen LogP contribution in [0.4, 0.5) is 5.69 Å². The zero-order valence-electron chi connectivity index (χ0n) is 19.3. The fraction of sp³-hybridized carbons (Fsp3) is 0.148. The van der Waals surface area contributed by atoms with Crippen LogP contribution in [0.15, 0.2) is 64.0 Å². The van der Waals surface area contributed by atoms with E-state index >= 15 is 0 Å². The number of anilines is 1. The number of amides is 1. The van der Waals surface area contributed by atoms with Crippen molar-refractivity contribution in [2.45, 2.75) is 20.5 Å². The molecule has 3 aromatic carbocycles. The molecule has 0 aliphatic carbocycles. The average Bonchev–Trinajstić information content (AvgIpc) is 3.12. The van der Waals surface area contributed by atoms with E-state index in [1.807, 2.05) is 56.3 Å². The summed E-state index contributed by atoms with van der Waals surface area (Å²) in [6.45, 7) is 4.36. The van der Waals surface area contributed by atoms with Crippen LogP contribution in [-0.2, 0) is 11.4 Å². The number of ether oxygens (including phenoxy) is 2. The lowest BCUT2D eigenvalue weighted by Crippen LogP contribution is -2.27. The number of nitrogens with zero attached hydrogens (tertiary/aromatic N) is 2. The number of hydrogen-bond acceptors (Lipinski definition) is 6. The number of rotatable bonds is 6. The highest BCUT2D eigenvalue weighted by molar-refractivity contribution is 9.10. The van der Waals surface area contributed by atoms with Gasteiger partial charge in [-0.1, -0.05) is 42.2 Å². The molecule has 0 aromatic heterocycles. The lowest BCUT2D eigenvalue weighted by molar-refractivity contribution is -0.113. The second-order valence-corrected chi connectivity index (χ2v) is 10.4. The Morgan fingerprint density at radius 1 is 1.11 bits per heavy atom. The van der Waals surface area contributed by atoms with Crippen LogP contribution in [0.3, 0.4) is 0 Å². The summed E-state index contributed by atoms with van der Waals surface area (Å²) in [4.78, 5) is 15.3. The standard InChI is InChI=1S/C27H21BrN2O3S2/c1-16-4-9-21(10-17(16)2)30-26(31)24(35-27(30)34)13-20-11-22(28)25(23(12-20)32-3)33-15-19-7-5-18(14-29)6-8-19/h4-13H,15H2,1-3H3/b24-13+. The molecule has 1 heterocycles. The number of methoxy groups -OCH3 is 1. The molecule has 1 fully saturated rings. The molecule has 4 rings (SSSR count). The number of carbonyl (C=O) groups is 1. The summed E-state index contributed by atoms with van der Waals surface area (Å²) in [7, 11) is 1.57. The third-order valence-electron chi connectivity index (χ3n) is 5.56. The zero-order valence-corrected chi connectivity index (χ0v) is 22.5. The minimum Gasteiger partial charge on any atom is -0.493 e. The summed E-state index contributed by atoms with van der Waals surface area (Å²) >= 11 is 10.4. The Morgan fingerprint density at radius 2 is 1.86 bits per heavy atom. The molecule has 0 radical (unpaired) electrons. The van der Waals surface area contributed by atoms with Crippen molar-refractivity contribution in [2.75, 3.05) is 12.0 Å². The molecule has 5 nitrogen and oxygen atoms in total. The van der Waals surface area contributed by atoms with Gasteiger partial charge in [-0.2, -0.15) is 5.26 Å².